The van der Waals surface area contributed by atoms with Crippen LogP contribution in [0.5, 0.6) is 5.75 Å². The summed E-state index contributed by atoms with van der Waals surface area (Å²) < 4.78 is 0. The molecule has 94 valence electrons. The Balaban J connectivity index is 2.04. The van der Waals surface area contributed by atoms with Crippen molar-refractivity contribution in [1.29, 1.82) is 0 Å². The molecule has 2 N–H and O–H groups in total. The normalized spacial score (nSPS) is 12.3. The molecule has 3 nitrogen and oxygen atoms in total. The van der Waals surface area contributed by atoms with Crippen LogP contribution in [0.25, 0.3) is 0 Å². The number of pyridine rings is 1. The molecular formula is C14H15ClN2O. The molecular weight excluding hydrogens is 248 g/mol. The van der Waals surface area contributed by atoms with Crippen molar-refractivity contribution in [3.8, 4) is 5.75 Å². The number of benzene rings is 1. The van der Waals surface area contributed by atoms with Crippen molar-refractivity contribution in [2.75, 3.05) is 0 Å². The van der Waals surface area contributed by atoms with Crippen molar-refractivity contribution in [1.82, 2.24) is 10.3 Å². The van der Waals surface area contributed by atoms with E-state index in [0.29, 0.717) is 11.6 Å². The third-order valence-corrected chi connectivity index (χ3v) is 3.22. The number of aromatic hydroxyl groups is 1. The van der Waals surface area contributed by atoms with E-state index in [1.54, 1.807) is 24.4 Å². The number of phenolic OH excluding ortho intramolecular Hbond substituents is 1. The predicted octanol–water partition coefficient (Wildman–Crippen LogP) is 3.29. The van der Waals surface area contributed by atoms with Crippen LogP contribution >= 0.6 is 11.6 Å². The van der Waals surface area contributed by atoms with E-state index in [1.165, 1.54) is 0 Å². The van der Waals surface area contributed by atoms with Crippen LogP contribution < -0.4 is 5.32 Å². The van der Waals surface area contributed by atoms with E-state index in [4.69, 9.17) is 11.6 Å². The summed E-state index contributed by atoms with van der Waals surface area (Å²) in [4.78, 5) is 4.08. The number of halogens is 1. The summed E-state index contributed by atoms with van der Waals surface area (Å²) >= 11 is 6.05. The van der Waals surface area contributed by atoms with Gasteiger partial charge in [0.2, 0.25) is 0 Å². The SMILES string of the molecule is CC(NCc1c(O)cccc1Cl)c1cccnc1. The largest absolute Gasteiger partial charge is 0.508 e. The number of hydrogen-bond acceptors (Lipinski definition) is 3. The Labute approximate surface area is 111 Å². The molecule has 18 heavy (non-hydrogen) atoms. The zero-order valence-corrected chi connectivity index (χ0v) is 10.9. The van der Waals surface area contributed by atoms with Crippen LogP contribution in [-0.2, 0) is 6.54 Å². The highest BCUT2D eigenvalue weighted by Gasteiger charge is 2.09. The van der Waals surface area contributed by atoms with E-state index < -0.39 is 0 Å². The van der Waals surface area contributed by atoms with Gasteiger partial charge in [0, 0.05) is 35.6 Å². The van der Waals surface area contributed by atoms with Crippen LogP contribution in [0.2, 0.25) is 5.02 Å². The highest BCUT2D eigenvalue weighted by Crippen LogP contribution is 2.25. The van der Waals surface area contributed by atoms with Gasteiger partial charge in [0.15, 0.2) is 0 Å². The van der Waals surface area contributed by atoms with Crippen molar-refractivity contribution in [2.24, 2.45) is 0 Å². The summed E-state index contributed by atoms with van der Waals surface area (Å²) in [6.45, 7) is 2.56. The van der Waals surface area contributed by atoms with Crippen molar-refractivity contribution < 1.29 is 5.11 Å². The highest BCUT2D eigenvalue weighted by atomic mass is 35.5. The van der Waals surface area contributed by atoms with E-state index >= 15 is 0 Å². The average Bonchev–Trinajstić information content (AvgIpc) is 2.39. The zero-order valence-electron chi connectivity index (χ0n) is 10.1. The Morgan fingerprint density at radius 2 is 2.17 bits per heavy atom. The zero-order chi connectivity index (χ0) is 13.0. The summed E-state index contributed by atoms with van der Waals surface area (Å²) in [6.07, 6.45) is 3.57. The molecule has 0 spiro atoms. The average molecular weight is 263 g/mol. The van der Waals surface area contributed by atoms with Crippen molar-refractivity contribution in [3.63, 3.8) is 0 Å². The van der Waals surface area contributed by atoms with Gasteiger partial charge in [-0.2, -0.15) is 0 Å². The first-order valence-electron chi connectivity index (χ1n) is 5.78. The first-order valence-corrected chi connectivity index (χ1v) is 6.16. The maximum absolute atomic E-state index is 9.74. The Bertz CT molecular complexity index is 496. The number of nitrogens with one attached hydrogen (secondary N) is 1. The lowest BCUT2D eigenvalue weighted by Crippen LogP contribution is -2.18. The number of aromatic nitrogens is 1. The lowest BCUT2D eigenvalue weighted by molar-refractivity contribution is 0.460. The second kappa shape index (κ2) is 5.85. The molecule has 0 radical (unpaired) electrons. The summed E-state index contributed by atoms with van der Waals surface area (Å²) in [6, 6.07) is 9.20. The number of rotatable bonds is 4. The molecule has 0 aliphatic rings. The molecule has 2 rings (SSSR count). The van der Waals surface area contributed by atoms with Gasteiger partial charge in [0.05, 0.1) is 0 Å². The molecule has 1 aromatic heterocycles. The number of phenols is 1. The van der Waals surface area contributed by atoms with E-state index in [1.807, 2.05) is 25.3 Å². The van der Waals surface area contributed by atoms with Gasteiger partial charge >= 0.3 is 0 Å². The maximum Gasteiger partial charge on any atom is 0.121 e. The first kappa shape index (κ1) is 12.9. The van der Waals surface area contributed by atoms with Crippen LogP contribution in [0.3, 0.4) is 0 Å². The van der Waals surface area contributed by atoms with Gasteiger partial charge in [0.1, 0.15) is 5.75 Å². The predicted molar refractivity (Wildman–Crippen MR) is 72.6 cm³/mol. The second-order valence-corrected chi connectivity index (χ2v) is 4.53. The topological polar surface area (TPSA) is 45.1 Å². The van der Waals surface area contributed by atoms with Gasteiger partial charge in [-0.25, -0.2) is 0 Å². The molecule has 0 aliphatic carbocycles. The first-order chi connectivity index (χ1) is 8.68. The maximum atomic E-state index is 9.74. The van der Waals surface area contributed by atoms with Gasteiger partial charge in [-0.15, -0.1) is 0 Å². The third kappa shape index (κ3) is 3.00. The van der Waals surface area contributed by atoms with Gasteiger partial charge in [-0.05, 0) is 30.7 Å². The molecule has 1 aromatic carbocycles. The van der Waals surface area contributed by atoms with E-state index in [0.717, 1.165) is 11.1 Å². The quantitative estimate of drug-likeness (QED) is 0.889. The second-order valence-electron chi connectivity index (χ2n) is 4.13. The molecule has 0 aliphatic heterocycles. The molecule has 2 aromatic rings. The standard InChI is InChI=1S/C14H15ClN2O/c1-10(11-4-3-7-16-8-11)17-9-12-13(15)5-2-6-14(12)18/h2-8,10,17-18H,9H2,1H3. The van der Waals surface area contributed by atoms with Gasteiger partial charge < -0.3 is 10.4 Å². The number of hydrogen-bond donors (Lipinski definition) is 2. The molecule has 0 saturated carbocycles. The van der Waals surface area contributed by atoms with Gasteiger partial charge in [-0.3, -0.25) is 4.98 Å². The molecule has 1 heterocycles. The van der Waals surface area contributed by atoms with Crippen LogP contribution in [0.15, 0.2) is 42.7 Å². The monoisotopic (exact) mass is 262 g/mol. The van der Waals surface area contributed by atoms with Crippen LogP contribution in [-0.4, -0.2) is 10.1 Å². The van der Waals surface area contributed by atoms with Crippen molar-refractivity contribution in [3.05, 3.63) is 58.9 Å². The minimum absolute atomic E-state index is 0.148. The lowest BCUT2D eigenvalue weighted by atomic mass is 10.1. The number of nitrogens with zero attached hydrogens (tertiary/aromatic N) is 1. The molecule has 4 heteroatoms. The molecule has 1 unspecified atom stereocenters. The fraction of sp³-hybridized carbons (Fsp3) is 0.214. The van der Waals surface area contributed by atoms with Crippen molar-refractivity contribution >= 4 is 11.6 Å². The van der Waals surface area contributed by atoms with Crippen LogP contribution in [0.1, 0.15) is 24.1 Å². The Morgan fingerprint density at radius 3 is 2.83 bits per heavy atom. The van der Waals surface area contributed by atoms with Crippen LogP contribution in [0, 0.1) is 0 Å². The molecule has 0 saturated heterocycles. The fourth-order valence-corrected chi connectivity index (χ4v) is 1.96. The summed E-state index contributed by atoms with van der Waals surface area (Å²) in [5.74, 6) is 0.216. The smallest absolute Gasteiger partial charge is 0.121 e. The summed E-state index contributed by atoms with van der Waals surface area (Å²) in [5, 5.41) is 13.6. The third-order valence-electron chi connectivity index (χ3n) is 2.86. The molecule has 0 bridgehead atoms. The van der Waals surface area contributed by atoms with Gasteiger partial charge in [-0.1, -0.05) is 23.7 Å². The highest BCUT2D eigenvalue weighted by molar-refractivity contribution is 6.31. The summed E-state index contributed by atoms with van der Waals surface area (Å²) in [7, 11) is 0. The Morgan fingerprint density at radius 1 is 1.33 bits per heavy atom. The van der Waals surface area contributed by atoms with E-state index in [9.17, 15) is 5.11 Å². The fourth-order valence-electron chi connectivity index (χ4n) is 1.73. The Hall–Kier alpha value is -1.58. The Kier molecular flexibility index (Phi) is 4.18. The van der Waals surface area contributed by atoms with Crippen LogP contribution in [0.4, 0.5) is 0 Å². The van der Waals surface area contributed by atoms with E-state index in [2.05, 4.69) is 10.3 Å². The minimum Gasteiger partial charge on any atom is -0.508 e. The van der Waals surface area contributed by atoms with Gasteiger partial charge in [0.25, 0.3) is 0 Å². The lowest BCUT2D eigenvalue weighted by Gasteiger charge is -2.15. The molecule has 1 atom stereocenters. The van der Waals surface area contributed by atoms with Crippen molar-refractivity contribution in [2.45, 2.75) is 19.5 Å². The van der Waals surface area contributed by atoms with E-state index in [-0.39, 0.29) is 11.8 Å². The molecule has 0 amide bonds. The minimum atomic E-state index is 0.148. The summed E-state index contributed by atoms with van der Waals surface area (Å²) in [5.41, 5.74) is 1.82. The molecule has 0 fully saturated rings.